The molecule has 4 rings (SSSR count). The van der Waals surface area contributed by atoms with E-state index in [9.17, 15) is 24.5 Å². The third kappa shape index (κ3) is 4.86. The van der Waals surface area contributed by atoms with Gasteiger partial charge in [0.1, 0.15) is 11.4 Å². The largest absolute Gasteiger partial charge is 0.383 e. The molecule has 10 heteroatoms. The molecule has 4 aromatic rings. The minimum absolute atomic E-state index is 0.0497. The summed E-state index contributed by atoms with van der Waals surface area (Å²) in [5.41, 5.74) is 5.20. The van der Waals surface area contributed by atoms with Crippen LogP contribution in [0.4, 0.5) is 17.2 Å². The van der Waals surface area contributed by atoms with Gasteiger partial charge in [-0.05, 0) is 17.2 Å². The van der Waals surface area contributed by atoms with Crippen molar-refractivity contribution in [3.8, 4) is 0 Å². The number of rotatable bonds is 7. The normalized spacial score (nSPS) is 10.6. The van der Waals surface area contributed by atoms with E-state index in [0.29, 0.717) is 5.56 Å². The van der Waals surface area contributed by atoms with Crippen LogP contribution in [0.5, 0.6) is 0 Å². The number of aromatic amines is 1. The van der Waals surface area contributed by atoms with Gasteiger partial charge >= 0.3 is 5.69 Å². The molecule has 0 fully saturated rings. The van der Waals surface area contributed by atoms with Gasteiger partial charge in [-0.25, -0.2) is 4.79 Å². The molecular formula is C25H21N5O5. The Bertz CT molecular complexity index is 1500. The third-order valence-corrected chi connectivity index (χ3v) is 5.43. The van der Waals surface area contributed by atoms with E-state index in [1.807, 2.05) is 6.07 Å². The number of nitrogens with zero attached hydrogens (tertiary/aromatic N) is 3. The van der Waals surface area contributed by atoms with Crippen LogP contribution in [0.15, 0.2) is 94.5 Å². The number of anilines is 2. The molecule has 0 saturated carbocycles. The number of nitro benzene ring substituents is 1. The number of aromatic nitrogens is 2. The first-order valence-corrected chi connectivity index (χ1v) is 10.6. The van der Waals surface area contributed by atoms with Crippen LogP contribution < -0.4 is 21.9 Å². The van der Waals surface area contributed by atoms with Crippen molar-refractivity contribution in [2.45, 2.75) is 13.1 Å². The zero-order valence-corrected chi connectivity index (χ0v) is 18.5. The molecule has 1 amide bonds. The summed E-state index contributed by atoms with van der Waals surface area (Å²) in [5.74, 6) is -1.03. The summed E-state index contributed by atoms with van der Waals surface area (Å²) >= 11 is 0. The summed E-state index contributed by atoms with van der Waals surface area (Å²) in [5, 5.41) is 11.6. The maximum atomic E-state index is 13.7. The Balaban J connectivity index is 1.89. The van der Waals surface area contributed by atoms with Crippen molar-refractivity contribution in [2.24, 2.45) is 0 Å². The van der Waals surface area contributed by atoms with Crippen LogP contribution in [-0.4, -0.2) is 20.4 Å². The number of nitrogen functional groups attached to an aromatic ring is 1. The van der Waals surface area contributed by atoms with Crippen molar-refractivity contribution in [1.82, 2.24) is 9.55 Å². The maximum Gasteiger partial charge on any atom is 0.330 e. The molecule has 3 N–H and O–H groups in total. The average molecular weight is 471 g/mol. The summed E-state index contributed by atoms with van der Waals surface area (Å²) in [6.07, 6.45) is 0. The average Bonchev–Trinajstić information content (AvgIpc) is 2.86. The number of amides is 1. The fourth-order valence-electron chi connectivity index (χ4n) is 3.74. The first kappa shape index (κ1) is 23.2. The lowest BCUT2D eigenvalue weighted by Gasteiger charge is -2.25. The van der Waals surface area contributed by atoms with Crippen LogP contribution in [-0.2, 0) is 13.1 Å². The van der Waals surface area contributed by atoms with E-state index >= 15 is 0 Å². The van der Waals surface area contributed by atoms with Gasteiger partial charge in [0.15, 0.2) is 5.69 Å². The lowest BCUT2D eigenvalue weighted by Crippen LogP contribution is -2.41. The molecule has 0 unspecified atom stereocenters. The smallest absolute Gasteiger partial charge is 0.330 e. The third-order valence-electron chi connectivity index (χ3n) is 5.43. The van der Waals surface area contributed by atoms with Crippen molar-refractivity contribution in [2.75, 3.05) is 10.6 Å². The van der Waals surface area contributed by atoms with Crippen LogP contribution >= 0.6 is 0 Å². The molecule has 0 aliphatic rings. The van der Waals surface area contributed by atoms with Crippen molar-refractivity contribution in [3.63, 3.8) is 0 Å². The Hall–Kier alpha value is -4.99. The van der Waals surface area contributed by atoms with E-state index in [0.717, 1.165) is 15.0 Å². The Labute approximate surface area is 199 Å². The van der Waals surface area contributed by atoms with Gasteiger partial charge in [0, 0.05) is 6.07 Å². The molecular weight excluding hydrogens is 450 g/mol. The van der Waals surface area contributed by atoms with Gasteiger partial charge in [0.05, 0.1) is 18.0 Å². The summed E-state index contributed by atoms with van der Waals surface area (Å²) in [6.45, 7) is -0.0588. The molecule has 176 valence electrons. The number of benzene rings is 3. The minimum Gasteiger partial charge on any atom is -0.383 e. The minimum atomic E-state index is -0.875. The predicted molar refractivity (Wildman–Crippen MR) is 131 cm³/mol. The maximum absolute atomic E-state index is 13.7. The van der Waals surface area contributed by atoms with Crippen molar-refractivity contribution in [3.05, 3.63) is 133 Å². The number of hydrogen-bond acceptors (Lipinski definition) is 6. The molecule has 0 aliphatic heterocycles. The van der Waals surface area contributed by atoms with E-state index < -0.39 is 27.8 Å². The number of nitrogens with one attached hydrogen (secondary N) is 1. The first-order chi connectivity index (χ1) is 16.9. The van der Waals surface area contributed by atoms with Crippen LogP contribution in [0.25, 0.3) is 0 Å². The molecule has 1 heterocycles. The van der Waals surface area contributed by atoms with Gasteiger partial charge in [0.2, 0.25) is 0 Å². The predicted octanol–water partition coefficient (Wildman–Crippen LogP) is 2.92. The first-order valence-electron chi connectivity index (χ1n) is 10.6. The van der Waals surface area contributed by atoms with E-state index in [2.05, 4.69) is 4.98 Å². The highest BCUT2D eigenvalue weighted by atomic mass is 16.6. The molecule has 10 nitrogen and oxygen atoms in total. The Morgan fingerprint density at radius 3 is 2.11 bits per heavy atom. The second-order valence-corrected chi connectivity index (χ2v) is 7.72. The summed E-state index contributed by atoms with van der Waals surface area (Å²) < 4.78 is 1.15. The van der Waals surface area contributed by atoms with E-state index in [1.54, 1.807) is 54.6 Å². The van der Waals surface area contributed by atoms with E-state index in [-0.39, 0.29) is 30.2 Å². The SMILES string of the molecule is Nc1c(N(Cc2ccccc2)C(=O)c2ccccc2[N+](=O)[O-])c(=O)[nH]c(=O)n1Cc1ccccc1. The number of carbonyl (C=O) groups is 1. The van der Waals surface area contributed by atoms with E-state index in [4.69, 9.17) is 5.73 Å². The Morgan fingerprint density at radius 1 is 0.914 bits per heavy atom. The van der Waals surface area contributed by atoms with E-state index in [1.165, 1.54) is 24.3 Å². The molecule has 0 bridgehead atoms. The molecule has 0 radical (unpaired) electrons. The second-order valence-electron chi connectivity index (χ2n) is 7.72. The monoisotopic (exact) mass is 471 g/mol. The van der Waals surface area contributed by atoms with Crippen molar-refractivity contribution < 1.29 is 9.72 Å². The second kappa shape index (κ2) is 9.87. The topological polar surface area (TPSA) is 144 Å². The fourth-order valence-corrected chi connectivity index (χ4v) is 3.74. The van der Waals surface area contributed by atoms with Crippen LogP contribution in [0.3, 0.4) is 0 Å². The number of nitro groups is 1. The molecule has 1 aromatic heterocycles. The standard InChI is InChI=1S/C25H21N5O5/c26-22-21(23(31)27-25(33)29(22)16-18-11-5-2-6-12-18)28(15-17-9-3-1-4-10-17)24(32)19-13-7-8-14-20(19)30(34)35/h1-14H,15-16,26H2,(H,27,31,33). The number of para-hydroxylation sites is 1. The highest BCUT2D eigenvalue weighted by Crippen LogP contribution is 2.26. The fraction of sp³-hybridized carbons (Fsp3) is 0.0800. The molecule has 0 saturated heterocycles. The summed E-state index contributed by atoms with van der Waals surface area (Å²) in [4.78, 5) is 53.4. The molecule has 0 atom stereocenters. The van der Waals surface area contributed by atoms with Gasteiger partial charge < -0.3 is 5.73 Å². The number of hydrogen-bond donors (Lipinski definition) is 2. The van der Waals surface area contributed by atoms with Gasteiger partial charge in [-0.1, -0.05) is 72.8 Å². The van der Waals surface area contributed by atoms with Crippen LogP contribution in [0.2, 0.25) is 0 Å². The molecule has 3 aromatic carbocycles. The van der Waals surface area contributed by atoms with Gasteiger partial charge in [-0.2, -0.15) is 0 Å². The highest BCUT2D eigenvalue weighted by Gasteiger charge is 2.29. The zero-order chi connectivity index (χ0) is 24.9. The van der Waals surface area contributed by atoms with Crippen LogP contribution in [0, 0.1) is 10.1 Å². The number of carbonyl (C=O) groups excluding carboxylic acids is 1. The summed E-state index contributed by atoms with van der Waals surface area (Å²) in [7, 11) is 0. The Kier molecular flexibility index (Phi) is 6.54. The van der Waals surface area contributed by atoms with Crippen molar-refractivity contribution in [1.29, 1.82) is 0 Å². The lowest BCUT2D eigenvalue weighted by molar-refractivity contribution is -0.385. The molecule has 0 spiro atoms. The number of H-pyrrole nitrogens is 1. The molecule has 35 heavy (non-hydrogen) atoms. The zero-order valence-electron chi connectivity index (χ0n) is 18.5. The van der Waals surface area contributed by atoms with Gasteiger partial charge in [0.25, 0.3) is 17.2 Å². The quantitative estimate of drug-likeness (QED) is 0.313. The highest BCUT2D eigenvalue weighted by molar-refractivity contribution is 6.09. The van der Waals surface area contributed by atoms with Crippen LogP contribution in [0.1, 0.15) is 21.5 Å². The Morgan fingerprint density at radius 2 is 1.49 bits per heavy atom. The lowest BCUT2D eigenvalue weighted by atomic mass is 10.1. The summed E-state index contributed by atoms with van der Waals surface area (Å²) in [6, 6.07) is 23.2. The van der Waals surface area contributed by atoms with Crippen molar-refractivity contribution >= 4 is 23.1 Å². The number of nitrogens with two attached hydrogens (primary N) is 1. The molecule has 0 aliphatic carbocycles. The van der Waals surface area contributed by atoms with Gasteiger partial charge in [-0.3, -0.25) is 34.2 Å². The van der Waals surface area contributed by atoms with Gasteiger partial charge in [-0.15, -0.1) is 0 Å².